The van der Waals surface area contributed by atoms with Crippen molar-refractivity contribution in [2.45, 2.75) is 44.6 Å². The van der Waals surface area contributed by atoms with Crippen LogP contribution in [0.3, 0.4) is 0 Å². The Bertz CT molecular complexity index is 590. The Hall–Kier alpha value is -1.53. The third kappa shape index (κ3) is 5.75. The van der Waals surface area contributed by atoms with Crippen molar-refractivity contribution in [3.05, 3.63) is 24.3 Å². The van der Waals surface area contributed by atoms with Crippen LogP contribution in [0.2, 0.25) is 0 Å². The van der Waals surface area contributed by atoms with Gasteiger partial charge in [0.2, 0.25) is 11.8 Å². The van der Waals surface area contributed by atoms with E-state index >= 15 is 0 Å². The van der Waals surface area contributed by atoms with E-state index in [1.165, 1.54) is 11.8 Å². The monoisotopic (exact) mass is 364 g/mol. The standard InChI is InChI=1S/C19H29N3O2S/c1-4-21(5-2)12-8-9-15(3)20-18(23)13-22-16-10-6-7-11-17(16)25-14-19(22)24/h6-7,10-11,15H,4-5,8-9,12-14H2,1-3H3,(H,20,23)/p+1/t15-/m1/s1. The molecule has 0 spiro atoms. The number of fused-ring (bicyclic) bond motifs is 1. The van der Waals surface area contributed by atoms with E-state index in [2.05, 4.69) is 19.2 Å². The largest absolute Gasteiger partial charge is 0.352 e. The maximum absolute atomic E-state index is 12.4. The summed E-state index contributed by atoms with van der Waals surface area (Å²) in [5.74, 6) is 0.307. The lowest BCUT2D eigenvalue weighted by Crippen LogP contribution is -3.11. The molecule has 1 aliphatic rings. The second kappa shape index (κ2) is 9.82. The summed E-state index contributed by atoms with van der Waals surface area (Å²) in [5.41, 5.74) is 0.844. The number of benzene rings is 1. The Morgan fingerprint density at radius 1 is 1.32 bits per heavy atom. The minimum atomic E-state index is -0.0854. The molecule has 6 heteroatoms. The molecule has 1 heterocycles. The Labute approximate surface area is 155 Å². The van der Waals surface area contributed by atoms with Gasteiger partial charge < -0.3 is 15.1 Å². The number of nitrogens with one attached hydrogen (secondary N) is 2. The van der Waals surface area contributed by atoms with Crippen molar-refractivity contribution in [3.63, 3.8) is 0 Å². The van der Waals surface area contributed by atoms with Gasteiger partial charge in [0.25, 0.3) is 0 Å². The summed E-state index contributed by atoms with van der Waals surface area (Å²) in [4.78, 5) is 28.8. The topological polar surface area (TPSA) is 53.9 Å². The summed E-state index contributed by atoms with van der Waals surface area (Å²) in [6.45, 7) is 9.98. The Balaban J connectivity index is 1.82. The van der Waals surface area contributed by atoms with E-state index in [4.69, 9.17) is 0 Å². The lowest BCUT2D eigenvalue weighted by atomic mass is 10.1. The molecule has 1 aromatic rings. The molecule has 1 aliphatic heterocycles. The fourth-order valence-electron chi connectivity index (χ4n) is 3.13. The van der Waals surface area contributed by atoms with Crippen LogP contribution in [0, 0.1) is 0 Å². The third-order valence-corrected chi connectivity index (χ3v) is 5.73. The van der Waals surface area contributed by atoms with Gasteiger partial charge in [0.05, 0.1) is 31.1 Å². The fraction of sp³-hybridized carbons (Fsp3) is 0.579. The van der Waals surface area contributed by atoms with Crippen LogP contribution in [0.25, 0.3) is 0 Å². The summed E-state index contributed by atoms with van der Waals surface area (Å²) >= 11 is 1.53. The van der Waals surface area contributed by atoms with Gasteiger partial charge in [0.15, 0.2) is 0 Å². The lowest BCUT2D eigenvalue weighted by molar-refractivity contribution is -0.896. The van der Waals surface area contributed by atoms with E-state index in [1.807, 2.05) is 31.2 Å². The minimum absolute atomic E-state index is 0.00311. The number of hydrogen-bond donors (Lipinski definition) is 2. The molecular formula is C19H30N3O2S+. The van der Waals surface area contributed by atoms with Crippen LogP contribution in [0.1, 0.15) is 33.6 Å². The Morgan fingerprint density at radius 3 is 2.76 bits per heavy atom. The van der Waals surface area contributed by atoms with Gasteiger partial charge in [-0.2, -0.15) is 0 Å². The van der Waals surface area contributed by atoms with Gasteiger partial charge in [-0.3, -0.25) is 9.59 Å². The van der Waals surface area contributed by atoms with Crippen molar-refractivity contribution in [3.8, 4) is 0 Å². The quantitative estimate of drug-likeness (QED) is 0.695. The van der Waals surface area contributed by atoms with Crippen molar-refractivity contribution in [1.29, 1.82) is 0 Å². The molecule has 0 aromatic heterocycles. The van der Waals surface area contributed by atoms with Gasteiger partial charge in [-0.05, 0) is 45.7 Å². The predicted molar refractivity (Wildman–Crippen MR) is 103 cm³/mol. The summed E-state index contributed by atoms with van der Waals surface area (Å²) in [6.07, 6.45) is 2.07. The Morgan fingerprint density at radius 2 is 2.04 bits per heavy atom. The summed E-state index contributed by atoms with van der Waals surface area (Å²) in [6, 6.07) is 7.89. The molecule has 0 saturated heterocycles. The molecule has 0 saturated carbocycles. The van der Waals surface area contributed by atoms with Crippen LogP contribution >= 0.6 is 11.8 Å². The van der Waals surface area contributed by atoms with E-state index in [9.17, 15) is 9.59 Å². The van der Waals surface area contributed by atoms with Gasteiger partial charge in [0.1, 0.15) is 6.54 Å². The van der Waals surface area contributed by atoms with Crippen molar-refractivity contribution >= 4 is 29.3 Å². The summed E-state index contributed by atoms with van der Waals surface area (Å²) < 4.78 is 0. The second-order valence-corrected chi connectivity index (χ2v) is 7.57. The second-order valence-electron chi connectivity index (χ2n) is 6.55. The molecule has 0 unspecified atom stereocenters. The number of nitrogens with zero attached hydrogens (tertiary/aromatic N) is 1. The van der Waals surface area contributed by atoms with Crippen LogP contribution in [-0.4, -0.2) is 49.8 Å². The van der Waals surface area contributed by atoms with Crippen LogP contribution in [-0.2, 0) is 9.59 Å². The normalized spacial score (nSPS) is 15.2. The number of para-hydroxylation sites is 1. The van der Waals surface area contributed by atoms with Crippen molar-refractivity contribution in [1.82, 2.24) is 5.32 Å². The zero-order valence-corrected chi connectivity index (χ0v) is 16.3. The van der Waals surface area contributed by atoms with Gasteiger partial charge in [0, 0.05) is 10.9 Å². The SMILES string of the molecule is CC[NH+](CC)CCC[C@@H](C)NC(=O)CN1C(=O)CSc2ccccc21. The van der Waals surface area contributed by atoms with E-state index in [-0.39, 0.29) is 24.4 Å². The number of carbonyl (C=O) groups is 2. The van der Waals surface area contributed by atoms with Gasteiger partial charge in [-0.25, -0.2) is 0 Å². The summed E-state index contributed by atoms with van der Waals surface area (Å²) in [5, 5.41) is 3.04. The molecule has 2 N–H and O–H groups in total. The van der Waals surface area contributed by atoms with Gasteiger partial charge in [-0.1, -0.05) is 12.1 Å². The molecule has 1 atom stereocenters. The maximum atomic E-state index is 12.4. The van der Waals surface area contributed by atoms with E-state index < -0.39 is 0 Å². The summed E-state index contributed by atoms with van der Waals surface area (Å²) in [7, 11) is 0. The molecular weight excluding hydrogens is 334 g/mol. The zero-order chi connectivity index (χ0) is 18.2. The molecule has 2 rings (SSSR count). The third-order valence-electron chi connectivity index (χ3n) is 4.68. The van der Waals surface area contributed by atoms with E-state index in [0.717, 1.165) is 43.1 Å². The highest BCUT2D eigenvalue weighted by Gasteiger charge is 2.26. The number of anilines is 1. The van der Waals surface area contributed by atoms with E-state index in [1.54, 1.807) is 9.80 Å². The Kier molecular flexibility index (Phi) is 7.78. The number of carbonyl (C=O) groups excluding carboxylic acids is 2. The highest BCUT2D eigenvalue weighted by molar-refractivity contribution is 8.00. The highest BCUT2D eigenvalue weighted by atomic mass is 32.2. The first-order valence-corrected chi connectivity index (χ1v) is 10.2. The highest BCUT2D eigenvalue weighted by Crippen LogP contribution is 2.34. The molecule has 25 heavy (non-hydrogen) atoms. The number of thioether (sulfide) groups is 1. The molecule has 0 bridgehead atoms. The number of amides is 2. The van der Waals surface area contributed by atoms with Crippen LogP contribution in [0.15, 0.2) is 29.2 Å². The minimum Gasteiger partial charge on any atom is -0.352 e. The molecule has 0 fully saturated rings. The number of quaternary nitrogens is 1. The average molecular weight is 365 g/mol. The lowest BCUT2D eigenvalue weighted by Gasteiger charge is -2.28. The molecule has 0 aliphatic carbocycles. The first-order valence-electron chi connectivity index (χ1n) is 9.20. The maximum Gasteiger partial charge on any atom is 0.240 e. The van der Waals surface area contributed by atoms with Crippen molar-refractivity contribution in [2.24, 2.45) is 0 Å². The first-order chi connectivity index (χ1) is 12.0. The van der Waals surface area contributed by atoms with Crippen LogP contribution < -0.4 is 15.1 Å². The average Bonchev–Trinajstić information content (AvgIpc) is 2.61. The molecule has 2 amide bonds. The predicted octanol–water partition coefficient (Wildman–Crippen LogP) is 1.33. The molecule has 5 nitrogen and oxygen atoms in total. The number of hydrogen-bond acceptors (Lipinski definition) is 3. The molecule has 0 radical (unpaired) electrons. The van der Waals surface area contributed by atoms with Gasteiger partial charge in [-0.15, -0.1) is 11.8 Å². The fourth-order valence-corrected chi connectivity index (χ4v) is 4.06. The van der Waals surface area contributed by atoms with Crippen molar-refractivity contribution < 1.29 is 14.5 Å². The van der Waals surface area contributed by atoms with Crippen molar-refractivity contribution in [2.75, 3.05) is 36.8 Å². The van der Waals surface area contributed by atoms with Crippen LogP contribution in [0.4, 0.5) is 5.69 Å². The van der Waals surface area contributed by atoms with E-state index in [0.29, 0.717) is 5.75 Å². The first kappa shape index (κ1) is 19.8. The van der Waals surface area contributed by atoms with Crippen LogP contribution in [0.5, 0.6) is 0 Å². The zero-order valence-electron chi connectivity index (χ0n) is 15.5. The van der Waals surface area contributed by atoms with Gasteiger partial charge >= 0.3 is 0 Å². The number of rotatable bonds is 9. The molecule has 1 aromatic carbocycles. The molecule has 138 valence electrons. The smallest absolute Gasteiger partial charge is 0.240 e.